The predicted octanol–water partition coefficient (Wildman–Crippen LogP) is 9.57. The Kier molecular flexibility index (Phi) is 5.06. The van der Waals surface area contributed by atoms with E-state index in [-0.39, 0.29) is 0 Å². The lowest BCUT2D eigenvalue weighted by Gasteiger charge is -2.34. The van der Waals surface area contributed by atoms with E-state index in [4.69, 9.17) is 19.7 Å². The van der Waals surface area contributed by atoms with Gasteiger partial charge in [0.15, 0.2) is 23.0 Å². The number of para-hydroxylation sites is 9. The summed E-state index contributed by atoms with van der Waals surface area (Å²) in [6, 6.07) is 46.6. The lowest BCUT2D eigenvalue weighted by Crippen LogP contribution is -2.18. The molecule has 0 saturated carbocycles. The molecule has 2 aliphatic rings. The Balaban J connectivity index is 1.34. The third-order valence-electron chi connectivity index (χ3n) is 7.83. The average Bonchev–Trinajstić information content (AvgIpc) is 3.52. The van der Waals surface area contributed by atoms with Crippen molar-refractivity contribution in [1.82, 2.24) is 15.0 Å². The number of ether oxygens (including phenoxy) is 2. The molecule has 0 saturated heterocycles. The smallest absolute Gasteiger partial charge is 0.151 e. The van der Waals surface area contributed by atoms with Gasteiger partial charge >= 0.3 is 0 Å². The van der Waals surface area contributed by atoms with E-state index >= 15 is 0 Å². The number of anilines is 6. The van der Waals surface area contributed by atoms with Crippen molar-refractivity contribution in [2.45, 2.75) is 0 Å². The molecule has 3 heterocycles. The lowest BCUT2D eigenvalue weighted by atomic mass is 10.1. The summed E-state index contributed by atoms with van der Waals surface area (Å²) in [5, 5.41) is 10.3. The maximum atomic E-state index is 6.31. The zero-order valence-electron chi connectivity index (χ0n) is 22.8. The van der Waals surface area contributed by atoms with E-state index in [1.807, 2.05) is 103 Å². The van der Waals surface area contributed by atoms with Crippen molar-refractivity contribution in [3.05, 3.63) is 140 Å². The van der Waals surface area contributed by atoms with Gasteiger partial charge in [0.25, 0.3) is 0 Å². The van der Waals surface area contributed by atoms with E-state index in [9.17, 15) is 0 Å². The minimum absolute atomic E-state index is 0.759. The number of rotatable bonds is 3. The molecule has 0 spiro atoms. The first-order chi connectivity index (χ1) is 21.3. The number of aromatic nitrogens is 3. The highest BCUT2D eigenvalue weighted by molar-refractivity contribution is 6.05. The molecule has 6 aromatic carbocycles. The van der Waals surface area contributed by atoms with Gasteiger partial charge in [-0.25, -0.2) is 0 Å². The van der Waals surface area contributed by atoms with Gasteiger partial charge < -0.3 is 19.3 Å². The first-order valence-corrected chi connectivity index (χ1v) is 14.1. The Morgan fingerprint density at radius 3 is 1.09 bits per heavy atom. The SMILES string of the molecule is c1ccc(-n2nc3c(N4c5ccccc5Oc5ccccc54)ccc(N4c5ccccc5Oc5ccccc54)c3n2)cc1. The van der Waals surface area contributed by atoms with Crippen LogP contribution >= 0.6 is 0 Å². The normalized spacial score (nSPS) is 12.9. The van der Waals surface area contributed by atoms with Crippen molar-refractivity contribution in [3.8, 4) is 28.7 Å². The van der Waals surface area contributed by atoms with Gasteiger partial charge in [-0.1, -0.05) is 66.7 Å². The molecule has 0 N–H and O–H groups in total. The summed E-state index contributed by atoms with van der Waals surface area (Å²) in [5.41, 5.74) is 7.94. The summed E-state index contributed by atoms with van der Waals surface area (Å²) in [7, 11) is 0. The molecule has 0 unspecified atom stereocenters. The first-order valence-electron chi connectivity index (χ1n) is 14.1. The van der Waals surface area contributed by atoms with E-state index in [1.165, 1.54) is 0 Å². The van der Waals surface area contributed by atoms with Crippen LogP contribution in [-0.2, 0) is 0 Å². The van der Waals surface area contributed by atoms with Crippen LogP contribution in [0.3, 0.4) is 0 Å². The largest absolute Gasteiger partial charge is 0.453 e. The Hall–Kier alpha value is -6.08. The Labute approximate surface area is 247 Å². The zero-order valence-corrected chi connectivity index (χ0v) is 22.8. The third-order valence-corrected chi connectivity index (χ3v) is 7.83. The number of benzene rings is 6. The molecule has 0 aliphatic carbocycles. The van der Waals surface area contributed by atoms with Crippen LogP contribution in [0, 0.1) is 0 Å². The molecule has 7 heteroatoms. The monoisotopic (exact) mass is 557 g/mol. The van der Waals surface area contributed by atoms with Crippen molar-refractivity contribution in [2.24, 2.45) is 0 Å². The molecule has 7 nitrogen and oxygen atoms in total. The molecule has 0 bridgehead atoms. The van der Waals surface area contributed by atoms with Gasteiger partial charge in [0.2, 0.25) is 0 Å². The Bertz CT molecular complexity index is 1950. The summed E-state index contributed by atoms with van der Waals surface area (Å²) < 4.78 is 12.6. The maximum Gasteiger partial charge on any atom is 0.151 e. The van der Waals surface area contributed by atoms with Crippen LogP contribution in [0.25, 0.3) is 16.7 Å². The van der Waals surface area contributed by atoms with Gasteiger partial charge in [0.1, 0.15) is 11.0 Å². The second-order valence-corrected chi connectivity index (χ2v) is 10.4. The first kappa shape index (κ1) is 23.6. The summed E-state index contributed by atoms with van der Waals surface area (Å²) in [4.78, 5) is 6.14. The molecule has 1 aromatic heterocycles. The fourth-order valence-corrected chi connectivity index (χ4v) is 5.93. The van der Waals surface area contributed by atoms with Crippen LogP contribution in [-0.4, -0.2) is 15.0 Å². The minimum atomic E-state index is 0.759. The lowest BCUT2D eigenvalue weighted by molar-refractivity contribution is 0.476. The van der Waals surface area contributed by atoms with Gasteiger partial charge in [-0.3, -0.25) is 0 Å². The van der Waals surface area contributed by atoms with Crippen LogP contribution in [0.4, 0.5) is 34.1 Å². The molecule has 204 valence electrons. The van der Waals surface area contributed by atoms with E-state index in [2.05, 4.69) is 46.2 Å². The fourth-order valence-electron chi connectivity index (χ4n) is 5.93. The highest BCUT2D eigenvalue weighted by Crippen LogP contribution is 2.54. The zero-order chi connectivity index (χ0) is 28.3. The molecule has 0 fully saturated rings. The molecule has 9 rings (SSSR count). The predicted molar refractivity (Wildman–Crippen MR) is 168 cm³/mol. The Morgan fingerprint density at radius 1 is 0.349 bits per heavy atom. The standard InChI is InChI=1S/C36H23N5O2/c1-2-12-24(13-3-1)41-37-35-29(39-25-14-4-8-18-31(25)42-32-19-9-5-15-26(32)39)22-23-30(36(35)38-41)40-27-16-6-10-20-33(27)43-34-21-11-7-17-28(34)40/h1-23H. The summed E-state index contributed by atoms with van der Waals surface area (Å²) in [6.45, 7) is 0. The molecule has 0 atom stereocenters. The number of nitrogens with zero attached hydrogens (tertiary/aromatic N) is 5. The third kappa shape index (κ3) is 3.62. The van der Waals surface area contributed by atoms with Crippen LogP contribution in [0.1, 0.15) is 0 Å². The summed E-state index contributed by atoms with van der Waals surface area (Å²) >= 11 is 0. The number of fused-ring (bicyclic) bond motifs is 5. The summed E-state index contributed by atoms with van der Waals surface area (Å²) in [6.07, 6.45) is 0. The van der Waals surface area contributed by atoms with Crippen molar-refractivity contribution in [3.63, 3.8) is 0 Å². The van der Waals surface area contributed by atoms with Crippen LogP contribution in [0.15, 0.2) is 140 Å². The second kappa shape index (κ2) is 9.22. The molecular formula is C36H23N5O2. The Morgan fingerprint density at radius 2 is 0.698 bits per heavy atom. The molecule has 0 amide bonds. The molecule has 7 aromatic rings. The number of hydrogen-bond acceptors (Lipinski definition) is 6. The van der Waals surface area contributed by atoms with Crippen LogP contribution in [0.2, 0.25) is 0 Å². The van der Waals surface area contributed by atoms with Crippen LogP contribution in [0.5, 0.6) is 23.0 Å². The van der Waals surface area contributed by atoms with Gasteiger partial charge in [-0.2, -0.15) is 4.80 Å². The average molecular weight is 558 g/mol. The molecule has 2 aliphatic heterocycles. The second-order valence-electron chi connectivity index (χ2n) is 10.4. The van der Waals surface area contributed by atoms with E-state index < -0.39 is 0 Å². The van der Waals surface area contributed by atoms with Gasteiger partial charge in [0.05, 0.1) is 39.8 Å². The van der Waals surface area contributed by atoms with Crippen molar-refractivity contribution < 1.29 is 9.47 Å². The van der Waals surface area contributed by atoms with E-state index in [1.54, 1.807) is 4.80 Å². The maximum absolute atomic E-state index is 6.31. The quantitative estimate of drug-likeness (QED) is 0.216. The topological polar surface area (TPSA) is 55.7 Å². The highest BCUT2D eigenvalue weighted by atomic mass is 16.5. The van der Waals surface area contributed by atoms with E-state index in [0.717, 1.165) is 73.8 Å². The minimum Gasteiger partial charge on any atom is -0.453 e. The fraction of sp³-hybridized carbons (Fsp3) is 0. The van der Waals surface area contributed by atoms with Crippen LogP contribution < -0.4 is 19.3 Å². The van der Waals surface area contributed by atoms with Crippen molar-refractivity contribution in [2.75, 3.05) is 9.80 Å². The van der Waals surface area contributed by atoms with E-state index in [0.29, 0.717) is 0 Å². The van der Waals surface area contributed by atoms with Crippen molar-refractivity contribution >= 4 is 45.2 Å². The van der Waals surface area contributed by atoms with Gasteiger partial charge in [-0.05, 0) is 72.8 Å². The van der Waals surface area contributed by atoms with Gasteiger partial charge in [0, 0.05) is 0 Å². The molecule has 0 radical (unpaired) electrons. The number of hydrogen-bond donors (Lipinski definition) is 0. The molecule has 43 heavy (non-hydrogen) atoms. The molecular weight excluding hydrogens is 534 g/mol. The van der Waals surface area contributed by atoms with Gasteiger partial charge in [-0.15, -0.1) is 10.2 Å². The summed E-state index contributed by atoms with van der Waals surface area (Å²) in [5.74, 6) is 3.13. The van der Waals surface area contributed by atoms with Crippen molar-refractivity contribution in [1.29, 1.82) is 0 Å². The highest BCUT2D eigenvalue weighted by Gasteiger charge is 2.32.